The Morgan fingerprint density at radius 2 is 1.95 bits per heavy atom. The Kier molecular flexibility index (Phi) is 4.13. The van der Waals surface area contributed by atoms with Gasteiger partial charge in [0, 0.05) is 16.5 Å². The van der Waals surface area contributed by atoms with Gasteiger partial charge in [-0.1, -0.05) is 36.9 Å². The number of hydrogen-bond donors (Lipinski definition) is 1. The lowest BCUT2D eigenvalue weighted by atomic mass is 10.2. The molecule has 1 atom stereocenters. The first kappa shape index (κ1) is 14.0. The molecule has 0 saturated carbocycles. The molecule has 3 aromatic rings. The van der Waals surface area contributed by atoms with Crippen molar-refractivity contribution in [2.75, 3.05) is 0 Å². The van der Waals surface area contributed by atoms with Crippen molar-refractivity contribution in [3.8, 4) is 0 Å². The molecule has 0 radical (unpaired) electrons. The molecule has 0 unspecified atom stereocenters. The largest absolute Gasteiger partial charge is 0.387 e. The molecule has 5 heteroatoms. The van der Waals surface area contributed by atoms with E-state index in [1.807, 2.05) is 43.3 Å². The van der Waals surface area contributed by atoms with Crippen LogP contribution in [-0.4, -0.2) is 20.1 Å². The summed E-state index contributed by atoms with van der Waals surface area (Å²) in [5, 5.41) is 11.7. The first-order chi connectivity index (χ1) is 10.3. The molecule has 2 heterocycles. The zero-order valence-electron chi connectivity index (χ0n) is 11.6. The normalized spacial score (nSPS) is 12.5. The highest BCUT2D eigenvalue weighted by molar-refractivity contribution is 7.99. The van der Waals surface area contributed by atoms with Gasteiger partial charge in [-0.25, -0.2) is 9.97 Å². The van der Waals surface area contributed by atoms with E-state index in [0.717, 1.165) is 20.8 Å². The van der Waals surface area contributed by atoms with Gasteiger partial charge in [-0.05, 0) is 24.6 Å². The van der Waals surface area contributed by atoms with E-state index in [1.54, 1.807) is 24.3 Å². The van der Waals surface area contributed by atoms with Crippen LogP contribution in [-0.2, 0) is 0 Å². The van der Waals surface area contributed by atoms with Gasteiger partial charge in [-0.3, -0.25) is 4.98 Å². The fourth-order valence-electron chi connectivity index (χ4n) is 2.03. The molecule has 0 aliphatic carbocycles. The predicted molar refractivity (Wildman–Crippen MR) is 83.1 cm³/mol. The van der Waals surface area contributed by atoms with Crippen molar-refractivity contribution < 1.29 is 5.11 Å². The van der Waals surface area contributed by atoms with Crippen LogP contribution in [0.25, 0.3) is 10.9 Å². The van der Waals surface area contributed by atoms with Gasteiger partial charge in [0.25, 0.3) is 0 Å². The Balaban J connectivity index is 1.88. The summed E-state index contributed by atoms with van der Waals surface area (Å²) in [7, 11) is 0. The number of fused-ring (bicyclic) bond motifs is 1. The molecule has 0 saturated heterocycles. The number of rotatable bonds is 4. The molecule has 0 amide bonds. The van der Waals surface area contributed by atoms with E-state index in [2.05, 4.69) is 15.0 Å². The molecule has 0 spiro atoms. The minimum Gasteiger partial charge on any atom is -0.387 e. The van der Waals surface area contributed by atoms with Gasteiger partial charge in [0.15, 0.2) is 0 Å². The van der Waals surface area contributed by atoms with Crippen molar-refractivity contribution in [3.05, 3.63) is 54.6 Å². The van der Waals surface area contributed by atoms with E-state index in [0.29, 0.717) is 12.1 Å². The van der Waals surface area contributed by atoms with Crippen LogP contribution in [0.4, 0.5) is 0 Å². The number of aromatic nitrogens is 3. The Labute approximate surface area is 127 Å². The lowest BCUT2D eigenvalue weighted by Crippen LogP contribution is -1.98. The minimum atomic E-state index is -0.496. The molecule has 21 heavy (non-hydrogen) atoms. The predicted octanol–water partition coefficient (Wildman–Crippen LogP) is 3.62. The van der Waals surface area contributed by atoms with Gasteiger partial charge in [0.2, 0.25) is 0 Å². The van der Waals surface area contributed by atoms with Crippen molar-refractivity contribution in [1.82, 2.24) is 15.0 Å². The van der Waals surface area contributed by atoms with Gasteiger partial charge < -0.3 is 5.11 Å². The highest BCUT2D eigenvalue weighted by Crippen LogP contribution is 2.30. The lowest BCUT2D eigenvalue weighted by molar-refractivity contribution is 0.169. The first-order valence-electron chi connectivity index (χ1n) is 6.79. The van der Waals surface area contributed by atoms with Crippen molar-refractivity contribution in [3.63, 3.8) is 0 Å². The minimum absolute atomic E-state index is 0.496. The molecule has 0 bridgehead atoms. The third-order valence-electron chi connectivity index (χ3n) is 3.21. The first-order valence-corrected chi connectivity index (χ1v) is 7.61. The molecule has 106 valence electrons. The summed E-state index contributed by atoms with van der Waals surface area (Å²) in [5.41, 5.74) is 1.63. The van der Waals surface area contributed by atoms with Crippen LogP contribution in [0.2, 0.25) is 0 Å². The fraction of sp³-hybridized carbons (Fsp3) is 0.188. The summed E-state index contributed by atoms with van der Waals surface area (Å²) >= 11 is 1.55. The number of aliphatic hydroxyl groups is 1. The summed E-state index contributed by atoms with van der Waals surface area (Å²) in [5.74, 6) is 0. The quantitative estimate of drug-likeness (QED) is 0.745. The summed E-state index contributed by atoms with van der Waals surface area (Å²) < 4.78 is 0. The lowest BCUT2D eigenvalue weighted by Gasteiger charge is -2.08. The maximum Gasteiger partial charge on any atom is 0.117 e. The topological polar surface area (TPSA) is 58.9 Å². The van der Waals surface area contributed by atoms with Crippen LogP contribution in [0.5, 0.6) is 0 Å². The molecule has 3 rings (SSSR count). The van der Waals surface area contributed by atoms with Crippen molar-refractivity contribution in [1.29, 1.82) is 0 Å². The van der Waals surface area contributed by atoms with Gasteiger partial charge in [-0.15, -0.1) is 0 Å². The van der Waals surface area contributed by atoms with Crippen LogP contribution < -0.4 is 0 Å². The third-order valence-corrected chi connectivity index (χ3v) is 4.20. The van der Waals surface area contributed by atoms with Gasteiger partial charge >= 0.3 is 0 Å². The van der Waals surface area contributed by atoms with Crippen LogP contribution in [0.3, 0.4) is 0 Å². The summed E-state index contributed by atoms with van der Waals surface area (Å²) in [6, 6.07) is 11.8. The summed E-state index contributed by atoms with van der Waals surface area (Å²) in [6.07, 6.45) is 3.52. The van der Waals surface area contributed by atoms with E-state index in [9.17, 15) is 5.11 Å². The number of nitrogens with zero attached hydrogens (tertiary/aromatic N) is 3. The molecular weight excluding hydrogens is 282 g/mol. The second-order valence-electron chi connectivity index (χ2n) is 4.64. The van der Waals surface area contributed by atoms with Gasteiger partial charge in [0.05, 0.1) is 17.3 Å². The molecule has 0 aliphatic rings. The van der Waals surface area contributed by atoms with Crippen LogP contribution in [0, 0.1) is 0 Å². The zero-order valence-corrected chi connectivity index (χ0v) is 12.4. The van der Waals surface area contributed by atoms with Gasteiger partial charge in [-0.2, -0.15) is 0 Å². The number of para-hydroxylation sites is 1. The van der Waals surface area contributed by atoms with Crippen molar-refractivity contribution in [2.24, 2.45) is 0 Å². The molecule has 1 N–H and O–H groups in total. The van der Waals surface area contributed by atoms with Crippen LogP contribution in [0.15, 0.2) is 58.8 Å². The molecular formula is C16H15N3OS. The Bertz CT molecular complexity index is 741. The Morgan fingerprint density at radius 3 is 2.71 bits per heavy atom. The van der Waals surface area contributed by atoms with Crippen LogP contribution >= 0.6 is 11.8 Å². The van der Waals surface area contributed by atoms with Crippen molar-refractivity contribution in [2.45, 2.75) is 29.4 Å². The summed E-state index contributed by atoms with van der Waals surface area (Å²) in [6.45, 7) is 1.93. The number of pyridine rings is 1. The maximum absolute atomic E-state index is 9.76. The number of aliphatic hydroxyl groups excluding tert-OH is 1. The standard InChI is InChI=1S/C16H15N3OS/c1-2-15(20)14-8-7-11(9-17-14)21-16-12-5-3-4-6-13(12)18-10-19-16/h3-10,15,20H,2H2,1H3/t15-/m1/s1. The molecule has 0 aliphatic heterocycles. The smallest absolute Gasteiger partial charge is 0.117 e. The molecule has 0 fully saturated rings. The van der Waals surface area contributed by atoms with E-state index < -0.39 is 6.10 Å². The van der Waals surface area contributed by atoms with Crippen molar-refractivity contribution >= 4 is 22.7 Å². The SMILES string of the molecule is CC[C@@H](O)c1ccc(Sc2ncnc3ccccc23)cn1. The second kappa shape index (κ2) is 6.20. The Morgan fingerprint density at radius 1 is 1.10 bits per heavy atom. The average molecular weight is 297 g/mol. The molecule has 4 nitrogen and oxygen atoms in total. The Hall–Kier alpha value is -1.98. The highest BCUT2D eigenvalue weighted by Gasteiger charge is 2.08. The van der Waals surface area contributed by atoms with E-state index in [-0.39, 0.29) is 0 Å². The average Bonchev–Trinajstić information content (AvgIpc) is 2.55. The van der Waals surface area contributed by atoms with E-state index in [4.69, 9.17) is 0 Å². The highest BCUT2D eigenvalue weighted by atomic mass is 32.2. The number of benzene rings is 1. The summed E-state index contributed by atoms with van der Waals surface area (Å²) in [4.78, 5) is 13.9. The van der Waals surface area contributed by atoms with Gasteiger partial charge in [0.1, 0.15) is 11.4 Å². The van der Waals surface area contributed by atoms with E-state index in [1.165, 1.54) is 0 Å². The zero-order chi connectivity index (χ0) is 14.7. The molecule has 1 aromatic carbocycles. The maximum atomic E-state index is 9.76. The fourth-order valence-corrected chi connectivity index (χ4v) is 2.88. The molecule has 2 aromatic heterocycles. The monoisotopic (exact) mass is 297 g/mol. The third kappa shape index (κ3) is 3.04. The second-order valence-corrected chi connectivity index (χ2v) is 5.70. The van der Waals surface area contributed by atoms with Crippen LogP contribution in [0.1, 0.15) is 25.1 Å². The van der Waals surface area contributed by atoms with E-state index >= 15 is 0 Å². The number of hydrogen-bond acceptors (Lipinski definition) is 5.